The number of hydrogen-bond acceptors (Lipinski definition) is 8. The third-order valence-corrected chi connectivity index (χ3v) is 10.6. The Morgan fingerprint density at radius 1 is 1.19 bits per heavy atom. The van der Waals surface area contributed by atoms with Crippen molar-refractivity contribution in [1.82, 2.24) is 5.32 Å². The maximum absolute atomic E-state index is 14.0. The number of amides is 2. The summed E-state index contributed by atoms with van der Waals surface area (Å²) in [5.41, 5.74) is 2.01. The van der Waals surface area contributed by atoms with Gasteiger partial charge in [-0.15, -0.1) is 0 Å². The predicted molar refractivity (Wildman–Crippen MR) is 184 cm³/mol. The number of esters is 1. The van der Waals surface area contributed by atoms with Gasteiger partial charge in [0, 0.05) is 31.1 Å². The first-order valence-electron chi connectivity index (χ1n) is 15.8. The van der Waals surface area contributed by atoms with E-state index in [1.54, 1.807) is 38.2 Å². The standard InChI is InChI=1S/C36H43ClN2O7S/c1-20-8-7-9-22(3)36(43)18-28(44-34(42)38-36)23(4)32-35(5,46-32)29(45-33(41)26-12-10-24(19-47)11-13-26)17-30(40)39(6)27-16-25(14-20)15-21(2)31(27)37/h7-13,15-16,22-23,28-29,32,43,47H,14,17-19H2,1-6H3,(H,38,42)/b9-7+,20-8+. The van der Waals surface area contributed by atoms with Gasteiger partial charge < -0.3 is 24.2 Å². The number of alkyl carbamates (subject to hydrolysis) is 1. The Kier molecular flexibility index (Phi) is 10.2. The maximum Gasteiger partial charge on any atom is 0.409 e. The van der Waals surface area contributed by atoms with Crippen LogP contribution in [0.3, 0.4) is 0 Å². The van der Waals surface area contributed by atoms with Crippen molar-refractivity contribution < 1.29 is 33.7 Å². The van der Waals surface area contributed by atoms with Crippen molar-refractivity contribution in [2.75, 3.05) is 11.9 Å². The van der Waals surface area contributed by atoms with Gasteiger partial charge in [-0.3, -0.25) is 10.1 Å². The Morgan fingerprint density at radius 3 is 2.57 bits per heavy atom. The van der Waals surface area contributed by atoms with Crippen molar-refractivity contribution in [1.29, 1.82) is 0 Å². The number of hydrogen-bond donors (Lipinski definition) is 3. The van der Waals surface area contributed by atoms with Crippen molar-refractivity contribution in [3.63, 3.8) is 0 Å². The average molecular weight is 683 g/mol. The number of benzene rings is 2. The van der Waals surface area contributed by atoms with Gasteiger partial charge >= 0.3 is 12.1 Å². The highest BCUT2D eigenvalue weighted by Crippen LogP contribution is 2.49. The fourth-order valence-electron chi connectivity index (χ4n) is 6.49. The summed E-state index contributed by atoms with van der Waals surface area (Å²) in [5, 5.41) is 14.7. The average Bonchev–Trinajstić information content (AvgIpc) is 3.72. The van der Waals surface area contributed by atoms with Crippen LogP contribution in [0.5, 0.6) is 0 Å². The molecule has 2 amide bonds. The van der Waals surface area contributed by atoms with E-state index >= 15 is 0 Å². The second-order valence-corrected chi connectivity index (χ2v) is 14.0. The fourth-order valence-corrected chi connectivity index (χ4v) is 6.94. The summed E-state index contributed by atoms with van der Waals surface area (Å²) < 4.78 is 18.0. The van der Waals surface area contributed by atoms with E-state index in [2.05, 4.69) is 17.9 Å². The SMILES string of the molecule is C/C1=C\C=C\C(C)C2(O)CC(OC(=O)N2)C(C)C2OC2(C)C(OC(=O)c2ccc(CS)cc2)CC(=O)N(C)c2cc(cc(C)c2Cl)C1. The first-order valence-corrected chi connectivity index (χ1v) is 16.9. The lowest BCUT2D eigenvalue weighted by molar-refractivity contribution is -0.121. The third-order valence-electron chi connectivity index (χ3n) is 9.71. The Hall–Kier alpha value is -3.31. The Morgan fingerprint density at radius 2 is 1.89 bits per heavy atom. The highest BCUT2D eigenvalue weighted by atomic mass is 35.5. The number of halogens is 1. The number of epoxide rings is 1. The van der Waals surface area contributed by atoms with Gasteiger partial charge in [0.05, 0.1) is 28.8 Å². The quantitative estimate of drug-likeness (QED) is 0.197. The van der Waals surface area contributed by atoms with Gasteiger partial charge in [-0.1, -0.05) is 67.4 Å². The van der Waals surface area contributed by atoms with Crippen LogP contribution in [-0.2, 0) is 31.2 Å². The second kappa shape index (κ2) is 13.7. The largest absolute Gasteiger partial charge is 0.455 e. The van der Waals surface area contributed by atoms with E-state index in [0.29, 0.717) is 28.4 Å². The molecule has 9 nitrogen and oxygen atoms in total. The molecule has 0 radical (unpaired) electrons. The van der Waals surface area contributed by atoms with Gasteiger partial charge in [-0.2, -0.15) is 12.6 Å². The van der Waals surface area contributed by atoms with Gasteiger partial charge in [0.25, 0.3) is 0 Å². The van der Waals surface area contributed by atoms with Crippen LogP contribution >= 0.6 is 24.2 Å². The summed E-state index contributed by atoms with van der Waals surface area (Å²) in [6.07, 6.45) is 3.23. The molecule has 11 heteroatoms. The molecule has 47 heavy (non-hydrogen) atoms. The molecule has 2 fully saturated rings. The van der Waals surface area contributed by atoms with E-state index in [9.17, 15) is 19.5 Å². The number of ether oxygens (including phenoxy) is 3. The Bertz CT molecular complexity index is 1610. The number of nitrogens with one attached hydrogen (secondary N) is 1. The Labute approximate surface area is 286 Å². The van der Waals surface area contributed by atoms with Crippen LogP contribution in [0.25, 0.3) is 0 Å². The number of aryl methyl sites for hydroxylation is 1. The smallest absolute Gasteiger partial charge is 0.409 e. The van der Waals surface area contributed by atoms with Crippen LogP contribution < -0.4 is 10.2 Å². The monoisotopic (exact) mass is 682 g/mol. The van der Waals surface area contributed by atoms with E-state index < -0.39 is 53.5 Å². The van der Waals surface area contributed by atoms with Crippen LogP contribution in [-0.4, -0.2) is 59.8 Å². The molecule has 7 unspecified atom stereocenters. The molecule has 4 bridgehead atoms. The highest BCUT2D eigenvalue weighted by Gasteiger charge is 2.64. The van der Waals surface area contributed by atoms with Crippen LogP contribution in [0.1, 0.15) is 67.6 Å². The van der Waals surface area contributed by atoms with Crippen molar-refractivity contribution in [3.05, 3.63) is 87.5 Å². The first-order chi connectivity index (χ1) is 22.1. The molecule has 0 aromatic heterocycles. The minimum Gasteiger partial charge on any atom is -0.455 e. The maximum atomic E-state index is 14.0. The van der Waals surface area contributed by atoms with Gasteiger partial charge in [0.2, 0.25) is 5.91 Å². The number of allylic oxidation sites excluding steroid dienone is 3. The van der Waals surface area contributed by atoms with E-state index in [-0.39, 0.29) is 18.7 Å². The Balaban J connectivity index is 1.54. The van der Waals surface area contributed by atoms with Crippen LogP contribution in [0.15, 0.2) is 60.2 Å². The molecule has 3 aliphatic heterocycles. The van der Waals surface area contributed by atoms with E-state index in [1.165, 1.54) is 4.90 Å². The van der Waals surface area contributed by atoms with Crippen LogP contribution in [0, 0.1) is 18.8 Å². The van der Waals surface area contributed by atoms with Gasteiger partial charge in [-0.05, 0) is 62.1 Å². The zero-order valence-corrected chi connectivity index (χ0v) is 29.2. The molecule has 3 heterocycles. The topological polar surface area (TPSA) is 118 Å². The first kappa shape index (κ1) is 35.0. The van der Waals surface area contributed by atoms with Gasteiger partial charge in [0.15, 0.2) is 0 Å². The van der Waals surface area contributed by atoms with Crippen molar-refractivity contribution >= 4 is 47.9 Å². The minimum absolute atomic E-state index is 0.108. The molecule has 3 aliphatic rings. The van der Waals surface area contributed by atoms with Crippen molar-refractivity contribution in [3.8, 4) is 0 Å². The summed E-state index contributed by atoms with van der Waals surface area (Å²) in [6.45, 7) is 9.39. The van der Waals surface area contributed by atoms with Crippen molar-refractivity contribution in [2.45, 2.75) is 89.3 Å². The summed E-state index contributed by atoms with van der Waals surface area (Å²) >= 11 is 11.0. The number of carbonyl (C=O) groups is 3. The zero-order chi connectivity index (χ0) is 34.3. The number of thiol groups is 1. The molecule has 252 valence electrons. The summed E-state index contributed by atoms with van der Waals surface area (Å²) in [6, 6.07) is 10.8. The second-order valence-electron chi connectivity index (χ2n) is 13.3. The highest BCUT2D eigenvalue weighted by molar-refractivity contribution is 7.79. The lowest BCUT2D eigenvalue weighted by Gasteiger charge is -2.41. The van der Waals surface area contributed by atoms with E-state index in [4.69, 9.17) is 25.8 Å². The normalized spacial score (nSPS) is 33.1. The molecule has 7 atom stereocenters. The van der Waals surface area contributed by atoms with E-state index in [1.807, 2.05) is 58.1 Å². The zero-order valence-electron chi connectivity index (χ0n) is 27.6. The molecule has 2 saturated heterocycles. The molecular formula is C36H43ClN2O7S. The molecule has 0 spiro atoms. The van der Waals surface area contributed by atoms with Crippen molar-refractivity contribution in [2.24, 2.45) is 11.8 Å². The molecular weight excluding hydrogens is 640 g/mol. The number of anilines is 1. The summed E-state index contributed by atoms with van der Waals surface area (Å²) in [4.78, 5) is 41.6. The molecule has 0 aliphatic carbocycles. The number of nitrogens with zero attached hydrogens (tertiary/aromatic N) is 1. The van der Waals surface area contributed by atoms with Gasteiger partial charge in [-0.25, -0.2) is 9.59 Å². The number of aliphatic hydroxyl groups is 1. The van der Waals surface area contributed by atoms with Crippen LogP contribution in [0.2, 0.25) is 5.02 Å². The van der Waals surface area contributed by atoms with E-state index in [0.717, 1.165) is 22.3 Å². The molecule has 0 saturated carbocycles. The van der Waals surface area contributed by atoms with Gasteiger partial charge in [0.1, 0.15) is 23.5 Å². The fraction of sp³-hybridized carbons (Fsp3) is 0.472. The minimum atomic E-state index is -1.56. The molecule has 5 rings (SSSR count). The number of carbonyl (C=O) groups excluding carboxylic acids is 3. The lowest BCUT2D eigenvalue weighted by atomic mass is 9.82. The predicted octanol–water partition coefficient (Wildman–Crippen LogP) is 6.33. The number of fused-ring (bicyclic) bond motifs is 5. The molecule has 2 N–H and O–H groups in total. The lowest BCUT2D eigenvalue weighted by Crippen LogP contribution is -2.60. The number of rotatable bonds is 3. The molecule has 2 aromatic rings. The van der Waals surface area contributed by atoms with Crippen LogP contribution in [0.4, 0.5) is 10.5 Å². The third kappa shape index (κ3) is 7.41. The summed E-state index contributed by atoms with van der Waals surface area (Å²) in [7, 11) is 1.66. The molecule has 2 aromatic carbocycles. The summed E-state index contributed by atoms with van der Waals surface area (Å²) in [5.74, 6) is -1.25.